The van der Waals surface area contributed by atoms with Crippen molar-refractivity contribution in [2.75, 3.05) is 18.6 Å². The first-order valence-corrected chi connectivity index (χ1v) is 7.56. The summed E-state index contributed by atoms with van der Waals surface area (Å²) in [7, 11) is 0. The molecule has 0 aromatic heterocycles. The number of hydrogen-bond donors (Lipinski definition) is 2. The predicted octanol–water partition coefficient (Wildman–Crippen LogP) is 3.65. The molecule has 0 spiro atoms. The van der Waals surface area contributed by atoms with Crippen molar-refractivity contribution in [1.82, 2.24) is 5.32 Å². The van der Waals surface area contributed by atoms with E-state index < -0.39 is 0 Å². The zero-order chi connectivity index (χ0) is 15.8. The number of amides is 1. The maximum atomic E-state index is 11.4. The molecular formula is C18H22N2O2. The van der Waals surface area contributed by atoms with Crippen LogP contribution >= 0.6 is 0 Å². The van der Waals surface area contributed by atoms with Gasteiger partial charge in [0.05, 0.1) is 0 Å². The van der Waals surface area contributed by atoms with E-state index in [1.807, 2.05) is 62.4 Å². The Bertz CT molecular complexity index is 591. The van der Waals surface area contributed by atoms with Gasteiger partial charge in [-0.1, -0.05) is 38.1 Å². The molecule has 2 aromatic carbocycles. The van der Waals surface area contributed by atoms with Crippen LogP contribution in [0.25, 0.3) is 11.1 Å². The first kappa shape index (κ1) is 16.0. The fraction of sp³-hybridized carbons (Fsp3) is 0.278. The lowest BCUT2D eigenvalue weighted by molar-refractivity contribution is -0.115. The zero-order valence-electron chi connectivity index (χ0n) is 13.1. The summed E-state index contributed by atoms with van der Waals surface area (Å²) in [5.41, 5.74) is 3.04. The summed E-state index contributed by atoms with van der Waals surface area (Å²) >= 11 is 0. The van der Waals surface area contributed by atoms with Crippen LogP contribution in [-0.4, -0.2) is 19.2 Å². The molecule has 0 atom stereocenters. The van der Waals surface area contributed by atoms with Gasteiger partial charge in [0.2, 0.25) is 5.91 Å². The van der Waals surface area contributed by atoms with Crippen LogP contribution in [0.3, 0.4) is 0 Å². The van der Waals surface area contributed by atoms with Crippen molar-refractivity contribution in [3.63, 3.8) is 0 Å². The van der Waals surface area contributed by atoms with E-state index in [9.17, 15) is 4.79 Å². The summed E-state index contributed by atoms with van der Waals surface area (Å²) in [5, 5.41) is 5.96. The van der Waals surface area contributed by atoms with Gasteiger partial charge in [-0.3, -0.25) is 10.1 Å². The smallest absolute Gasteiger partial charge is 0.224 e. The SMILES string of the molecule is CCNCOc1ccc(-c2ccc(NC(=O)CC)cc2)cc1. The van der Waals surface area contributed by atoms with Crippen LogP contribution in [0, 0.1) is 0 Å². The molecule has 0 unspecified atom stereocenters. The summed E-state index contributed by atoms with van der Waals surface area (Å²) < 4.78 is 5.55. The Hall–Kier alpha value is -2.33. The normalized spacial score (nSPS) is 10.3. The summed E-state index contributed by atoms with van der Waals surface area (Å²) in [4.78, 5) is 11.4. The van der Waals surface area contributed by atoms with Gasteiger partial charge in [-0.05, 0) is 41.9 Å². The summed E-state index contributed by atoms with van der Waals surface area (Å²) in [5.74, 6) is 0.867. The van der Waals surface area contributed by atoms with Crippen molar-refractivity contribution in [1.29, 1.82) is 0 Å². The molecule has 4 heteroatoms. The van der Waals surface area contributed by atoms with E-state index in [1.54, 1.807) is 0 Å². The summed E-state index contributed by atoms with van der Waals surface area (Å²) in [6.07, 6.45) is 0.482. The molecule has 4 nitrogen and oxygen atoms in total. The zero-order valence-corrected chi connectivity index (χ0v) is 13.1. The molecule has 0 aliphatic carbocycles. The van der Waals surface area contributed by atoms with Crippen LogP contribution in [0.4, 0.5) is 5.69 Å². The topological polar surface area (TPSA) is 50.4 Å². The van der Waals surface area contributed by atoms with Crippen LogP contribution in [-0.2, 0) is 4.79 Å². The number of nitrogens with one attached hydrogen (secondary N) is 2. The fourth-order valence-electron chi connectivity index (χ4n) is 1.98. The molecule has 0 heterocycles. The Morgan fingerprint density at radius 3 is 2.09 bits per heavy atom. The molecule has 0 fully saturated rings. The van der Waals surface area contributed by atoms with Gasteiger partial charge in [0.25, 0.3) is 0 Å². The van der Waals surface area contributed by atoms with Crippen molar-refractivity contribution < 1.29 is 9.53 Å². The second-order valence-electron chi connectivity index (χ2n) is 4.90. The van der Waals surface area contributed by atoms with Crippen molar-refractivity contribution in [2.45, 2.75) is 20.3 Å². The minimum absolute atomic E-state index is 0.0231. The first-order chi connectivity index (χ1) is 10.7. The highest BCUT2D eigenvalue weighted by Crippen LogP contribution is 2.24. The predicted molar refractivity (Wildman–Crippen MR) is 90.0 cm³/mol. The maximum Gasteiger partial charge on any atom is 0.224 e. The Labute approximate surface area is 131 Å². The molecule has 0 radical (unpaired) electrons. The molecule has 0 saturated carbocycles. The highest BCUT2D eigenvalue weighted by atomic mass is 16.5. The average Bonchev–Trinajstić information content (AvgIpc) is 2.56. The van der Waals surface area contributed by atoms with Crippen molar-refractivity contribution in [2.24, 2.45) is 0 Å². The Kier molecular flexibility index (Phi) is 5.98. The number of rotatable bonds is 7. The number of anilines is 1. The number of benzene rings is 2. The lowest BCUT2D eigenvalue weighted by Crippen LogP contribution is -2.19. The second-order valence-corrected chi connectivity index (χ2v) is 4.90. The Morgan fingerprint density at radius 2 is 1.55 bits per heavy atom. The second kappa shape index (κ2) is 8.20. The highest BCUT2D eigenvalue weighted by molar-refractivity contribution is 5.90. The van der Waals surface area contributed by atoms with Crippen LogP contribution < -0.4 is 15.4 Å². The van der Waals surface area contributed by atoms with Crippen molar-refractivity contribution in [3.8, 4) is 16.9 Å². The lowest BCUT2D eigenvalue weighted by Gasteiger charge is -2.08. The van der Waals surface area contributed by atoms with Gasteiger partial charge in [0.15, 0.2) is 0 Å². The number of carbonyl (C=O) groups is 1. The standard InChI is InChI=1S/C18H22N2O2/c1-3-18(21)20-16-9-5-14(6-10-16)15-7-11-17(12-8-15)22-13-19-4-2/h5-12,19H,3-4,13H2,1-2H3,(H,20,21). The molecule has 22 heavy (non-hydrogen) atoms. The molecule has 0 aliphatic heterocycles. The van der Waals surface area contributed by atoms with Gasteiger partial charge in [-0.2, -0.15) is 0 Å². The minimum atomic E-state index is 0.0231. The van der Waals surface area contributed by atoms with Gasteiger partial charge in [-0.15, -0.1) is 0 Å². The van der Waals surface area contributed by atoms with E-state index in [0.717, 1.165) is 29.1 Å². The third-order valence-corrected chi connectivity index (χ3v) is 3.27. The highest BCUT2D eigenvalue weighted by Gasteiger charge is 2.01. The maximum absolute atomic E-state index is 11.4. The number of carbonyl (C=O) groups excluding carboxylic acids is 1. The van der Waals surface area contributed by atoms with Gasteiger partial charge in [0.1, 0.15) is 12.5 Å². The molecule has 1 amide bonds. The largest absolute Gasteiger partial charge is 0.478 e. The molecular weight excluding hydrogens is 276 g/mol. The van der Waals surface area contributed by atoms with E-state index in [4.69, 9.17) is 4.74 Å². The quantitative estimate of drug-likeness (QED) is 0.606. The van der Waals surface area contributed by atoms with Crippen LogP contribution in [0.15, 0.2) is 48.5 Å². The van der Waals surface area contributed by atoms with Gasteiger partial charge >= 0.3 is 0 Å². The minimum Gasteiger partial charge on any atom is -0.478 e. The molecule has 116 valence electrons. The number of ether oxygens (including phenoxy) is 1. The van der Waals surface area contributed by atoms with Crippen LogP contribution in [0.2, 0.25) is 0 Å². The van der Waals surface area contributed by atoms with E-state index in [2.05, 4.69) is 10.6 Å². The van der Waals surface area contributed by atoms with E-state index in [1.165, 1.54) is 0 Å². The Balaban J connectivity index is 2.00. The summed E-state index contributed by atoms with van der Waals surface area (Å²) in [6, 6.07) is 15.8. The third-order valence-electron chi connectivity index (χ3n) is 3.27. The average molecular weight is 298 g/mol. The molecule has 0 aliphatic rings. The monoisotopic (exact) mass is 298 g/mol. The molecule has 2 N–H and O–H groups in total. The lowest BCUT2D eigenvalue weighted by atomic mass is 10.1. The molecule has 0 saturated heterocycles. The van der Waals surface area contributed by atoms with Crippen LogP contribution in [0.5, 0.6) is 5.75 Å². The van der Waals surface area contributed by atoms with Gasteiger partial charge in [0, 0.05) is 12.1 Å². The van der Waals surface area contributed by atoms with E-state index >= 15 is 0 Å². The summed E-state index contributed by atoms with van der Waals surface area (Å²) in [6.45, 7) is 5.28. The third kappa shape index (κ3) is 4.60. The van der Waals surface area contributed by atoms with E-state index in [0.29, 0.717) is 13.2 Å². The van der Waals surface area contributed by atoms with Crippen molar-refractivity contribution in [3.05, 3.63) is 48.5 Å². The van der Waals surface area contributed by atoms with Crippen LogP contribution in [0.1, 0.15) is 20.3 Å². The van der Waals surface area contributed by atoms with Gasteiger partial charge in [-0.25, -0.2) is 0 Å². The molecule has 0 bridgehead atoms. The number of hydrogen-bond acceptors (Lipinski definition) is 3. The van der Waals surface area contributed by atoms with Crippen molar-refractivity contribution >= 4 is 11.6 Å². The fourth-order valence-corrected chi connectivity index (χ4v) is 1.98. The first-order valence-electron chi connectivity index (χ1n) is 7.56. The van der Waals surface area contributed by atoms with Gasteiger partial charge < -0.3 is 10.1 Å². The molecule has 2 aromatic rings. The van der Waals surface area contributed by atoms with E-state index in [-0.39, 0.29) is 5.91 Å². The molecule has 2 rings (SSSR count). The Morgan fingerprint density at radius 1 is 0.955 bits per heavy atom.